The lowest BCUT2D eigenvalue weighted by atomic mass is 10.2. The fourth-order valence-corrected chi connectivity index (χ4v) is 2.86. The summed E-state index contributed by atoms with van der Waals surface area (Å²) < 4.78 is 42.2. The third-order valence-corrected chi connectivity index (χ3v) is 4.45. The maximum atomic E-state index is 13.1. The van der Waals surface area contributed by atoms with Crippen LogP contribution in [0.2, 0.25) is 0 Å². The van der Waals surface area contributed by atoms with Gasteiger partial charge in [-0.05, 0) is 18.2 Å². The second-order valence-electron chi connectivity index (χ2n) is 4.96. The van der Waals surface area contributed by atoms with Gasteiger partial charge in [-0.25, -0.2) is 12.8 Å². The number of carbonyl (C=O) groups excluding carboxylic acids is 1. The van der Waals surface area contributed by atoms with Crippen LogP contribution in [-0.2, 0) is 10.0 Å². The van der Waals surface area contributed by atoms with Crippen molar-refractivity contribution >= 4 is 15.9 Å². The van der Waals surface area contributed by atoms with Gasteiger partial charge in [0.25, 0.3) is 15.9 Å². The zero-order valence-corrected chi connectivity index (χ0v) is 13.5. The van der Waals surface area contributed by atoms with Crippen LogP contribution in [0.15, 0.2) is 70.1 Å². The molecule has 1 heterocycles. The molecule has 0 spiro atoms. The van der Waals surface area contributed by atoms with Gasteiger partial charge in [0.1, 0.15) is 5.82 Å². The third-order valence-electron chi connectivity index (χ3n) is 3.21. The van der Waals surface area contributed by atoms with Crippen LogP contribution in [0.1, 0.15) is 10.5 Å². The minimum atomic E-state index is -4.11. The molecule has 0 aliphatic heterocycles. The number of hydrogen-bond donors (Lipinski definition) is 2. The number of hydrogen-bond acceptors (Lipinski definition) is 5. The van der Waals surface area contributed by atoms with Crippen molar-refractivity contribution in [1.29, 1.82) is 0 Å². The molecule has 3 aromatic rings. The van der Waals surface area contributed by atoms with E-state index in [1.54, 1.807) is 24.3 Å². The van der Waals surface area contributed by atoms with E-state index >= 15 is 0 Å². The summed E-state index contributed by atoms with van der Waals surface area (Å²) in [6, 6.07) is 14.7. The van der Waals surface area contributed by atoms with Gasteiger partial charge < -0.3 is 4.52 Å². The van der Waals surface area contributed by atoms with Crippen LogP contribution < -0.4 is 10.3 Å². The van der Waals surface area contributed by atoms with Gasteiger partial charge in [-0.1, -0.05) is 41.6 Å². The number of benzene rings is 2. The molecule has 1 amide bonds. The number of rotatable bonds is 5. The first-order chi connectivity index (χ1) is 12.0. The third kappa shape index (κ3) is 3.90. The number of nitrogens with one attached hydrogen (secondary N) is 2. The molecule has 0 aliphatic rings. The summed E-state index contributed by atoms with van der Waals surface area (Å²) in [5.74, 6) is -1.16. The topological polar surface area (TPSA) is 101 Å². The van der Waals surface area contributed by atoms with Gasteiger partial charge >= 0.3 is 0 Å². The first kappa shape index (κ1) is 16.8. The van der Waals surface area contributed by atoms with Gasteiger partial charge in [0.2, 0.25) is 0 Å². The van der Waals surface area contributed by atoms with E-state index in [9.17, 15) is 17.6 Å². The van der Waals surface area contributed by atoms with Crippen molar-refractivity contribution in [1.82, 2.24) is 15.4 Å². The Hall–Kier alpha value is -3.04. The van der Waals surface area contributed by atoms with Gasteiger partial charge in [-0.15, -0.1) is 4.83 Å². The lowest BCUT2D eigenvalue weighted by Crippen LogP contribution is -2.41. The summed E-state index contributed by atoms with van der Waals surface area (Å²) in [6.07, 6.45) is 0. The number of nitrogens with zero attached hydrogens (tertiary/aromatic N) is 1. The maximum absolute atomic E-state index is 13.1. The summed E-state index contributed by atoms with van der Waals surface area (Å²) in [7, 11) is -4.11. The van der Waals surface area contributed by atoms with Gasteiger partial charge in [0, 0.05) is 11.6 Å². The molecule has 2 N–H and O–H groups in total. The molecule has 128 valence electrons. The molecule has 0 aliphatic carbocycles. The molecule has 0 fully saturated rings. The van der Waals surface area contributed by atoms with E-state index in [2.05, 4.69) is 5.16 Å². The molecule has 0 saturated heterocycles. The van der Waals surface area contributed by atoms with Gasteiger partial charge in [-0.3, -0.25) is 10.2 Å². The molecule has 2 aromatic carbocycles. The Labute approximate surface area is 142 Å². The Bertz CT molecular complexity index is 1000. The predicted octanol–water partition coefficient (Wildman–Crippen LogP) is 2.10. The van der Waals surface area contributed by atoms with Crippen molar-refractivity contribution in [3.05, 3.63) is 72.2 Å². The van der Waals surface area contributed by atoms with Crippen LogP contribution in [0.4, 0.5) is 4.39 Å². The summed E-state index contributed by atoms with van der Waals surface area (Å²) in [4.78, 5) is 13.6. The van der Waals surface area contributed by atoms with Gasteiger partial charge in [-0.2, -0.15) is 0 Å². The van der Waals surface area contributed by atoms with E-state index in [1.165, 1.54) is 18.2 Å². The average molecular weight is 361 g/mol. The normalized spacial score (nSPS) is 11.2. The van der Waals surface area contributed by atoms with Crippen LogP contribution in [0.25, 0.3) is 11.3 Å². The van der Waals surface area contributed by atoms with E-state index in [4.69, 9.17) is 4.52 Å². The first-order valence-corrected chi connectivity index (χ1v) is 8.54. The first-order valence-electron chi connectivity index (χ1n) is 7.05. The molecule has 7 nitrogen and oxygen atoms in total. The molecule has 0 saturated carbocycles. The highest BCUT2D eigenvalue weighted by Crippen LogP contribution is 2.19. The van der Waals surface area contributed by atoms with Crippen molar-refractivity contribution < 1.29 is 22.1 Å². The Morgan fingerprint density at radius 2 is 1.80 bits per heavy atom. The molecule has 3 rings (SSSR count). The standard InChI is InChI=1S/C16H12FN3O4S/c17-12-7-4-8-13(9-12)25(22,23)20-18-16(21)14-10-15(24-19-14)11-5-2-1-3-6-11/h1-10,20H,(H,18,21). The lowest BCUT2D eigenvalue weighted by Gasteiger charge is -2.07. The van der Waals surface area contributed by atoms with E-state index < -0.39 is 21.7 Å². The predicted molar refractivity (Wildman–Crippen MR) is 86.1 cm³/mol. The number of carbonyl (C=O) groups is 1. The zero-order valence-electron chi connectivity index (χ0n) is 12.6. The molecule has 0 atom stereocenters. The molecular formula is C16H12FN3O4S. The Morgan fingerprint density at radius 1 is 1.04 bits per heavy atom. The number of hydrazine groups is 1. The summed E-state index contributed by atoms with van der Waals surface area (Å²) >= 11 is 0. The number of halogens is 1. The number of aromatic nitrogens is 1. The van der Waals surface area contributed by atoms with E-state index in [1.807, 2.05) is 16.3 Å². The second kappa shape index (κ2) is 6.83. The summed E-state index contributed by atoms with van der Waals surface area (Å²) in [6.45, 7) is 0. The van der Waals surface area contributed by atoms with E-state index in [0.717, 1.165) is 17.7 Å². The van der Waals surface area contributed by atoms with E-state index in [-0.39, 0.29) is 10.6 Å². The Morgan fingerprint density at radius 3 is 2.52 bits per heavy atom. The minimum absolute atomic E-state index is 0.110. The van der Waals surface area contributed by atoms with Crippen LogP contribution >= 0.6 is 0 Å². The molecular weight excluding hydrogens is 349 g/mol. The number of amides is 1. The highest BCUT2D eigenvalue weighted by Gasteiger charge is 2.18. The molecule has 25 heavy (non-hydrogen) atoms. The van der Waals surface area contributed by atoms with Crippen LogP contribution in [-0.4, -0.2) is 19.5 Å². The fraction of sp³-hybridized carbons (Fsp3) is 0. The molecule has 0 radical (unpaired) electrons. The molecule has 0 unspecified atom stereocenters. The molecule has 1 aromatic heterocycles. The second-order valence-corrected chi connectivity index (χ2v) is 6.64. The van der Waals surface area contributed by atoms with Crippen LogP contribution in [0.3, 0.4) is 0 Å². The van der Waals surface area contributed by atoms with Gasteiger partial charge in [0.05, 0.1) is 4.90 Å². The molecule has 0 bridgehead atoms. The van der Waals surface area contributed by atoms with E-state index in [0.29, 0.717) is 5.76 Å². The van der Waals surface area contributed by atoms with Gasteiger partial charge in [0.15, 0.2) is 11.5 Å². The van der Waals surface area contributed by atoms with Crippen molar-refractivity contribution in [3.63, 3.8) is 0 Å². The summed E-state index contributed by atoms with van der Waals surface area (Å²) in [5, 5.41) is 3.60. The Kier molecular flexibility index (Phi) is 4.59. The average Bonchev–Trinajstić information content (AvgIpc) is 3.11. The highest BCUT2D eigenvalue weighted by atomic mass is 32.2. The van der Waals surface area contributed by atoms with Crippen LogP contribution in [0, 0.1) is 5.82 Å². The monoisotopic (exact) mass is 361 g/mol. The Balaban J connectivity index is 1.70. The van der Waals surface area contributed by atoms with Crippen molar-refractivity contribution in [2.24, 2.45) is 0 Å². The maximum Gasteiger partial charge on any atom is 0.288 e. The van der Waals surface area contributed by atoms with Crippen LogP contribution in [0.5, 0.6) is 0 Å². The summed E-state index contributed by atoms with van der Waals surface area (Å²) in [5.41, 5.74) is 2.61. The largest absolute Gasteiger partial charge is 0.355 e. The minimum Gasteiger partial charge on any atom is -0.355 e. The number of sulfonamides is 1. The smallest absolute Gasteiger partial charge is 0.288 e. The zero-order chi connectivity index (χ0) is 17.9. The quantitative estimate of drug-likeness (QED) is 0.678. The molecule has 9 heteroatoms. The van der Waals surface area contributed by atoms with Crippen molar-refractivity contribution in [3.8, 4) is 11.3 Å². The van der Waals surface area contributed by atoms with Crippen molar-refractivity contribution in [2.75, 3.05) is 0 Å². The highest BCUT2D eigenvalue weighted by molar-refractivity contribution is 7.89. The fourth-order valence-electron chi connectivity index (χ4n) is 1.99. The van der Waals surface area contributed by atoms with Crippen molar-refractivity contribution in [2.45, 2.75) is 4.90 Å². The lowest BCUT2D eigenvalue weighted by molar-refractivity contribution is 0.0936. The SMILES string of the molecule is O=C(NNS(=O)(=O)c1cccc(F)c1)c1cc(-c2ccccc2)on1.